The second kappa shape index (κ2) is 4.88. The van der Waals surface area contributed by atoms with Crippen LogP contribution in [-0.2, 0) is 17.8 Å². The summed E-state index contributed by atoms with van der Waals surface area (Å²) < 4.78 is 1.81. The van der Waals surface area contributed by atoms with Gasteiger partial charge in [-0.05, 0) is 31.4 Å². The SMILES string of the molecule is CC1CCc2ccccc2N1C(=O)Cn1ccnc1. The smallest absolute Gasteiger partial charge is 0.247 e. The average molecular weight is 255 g/mol. The number of aryl methyl sites for hydroxylation is 1. The van der Waals surface area contributed by atoms with Crippen molar-refractivity contribution in [2.45, 2.75) is 32.4 Å². The molecule has 0 fully saturated rings. The second-order valence-corrected chi connectivity index (χ2v) is 5.02. The van der Waals surface area contributed by atoms with Crippen LogP contribution in [0.5, 0.6) is 0 Å². The van der Waals surface area contributed by atoms with Crippen LogP contribution in [0.2, 0.25) is 0 Å². The molecule has 1 amide bonds. The van der Waals surface area contributed by atoms with Crippen molar-refractivity contribution in [3.8, 4) is 0 Å². The summed E-state index contributed by atoms with van der Waals surface area (Å²) in [5.74, 6) is 0.123. The van der Waals surface area contributed by atoms with Crippen LogP contribution >= 0.6 is 0 Å². The Morgan fingerprint density at radius 3 is 3.05 bits per heavy atom. The molecule has 1 unspecified atom stereocenters. The van der Waals surface area contributed by atoms with Crippen LogP contribution < -0.4 is 4.90 Å². The lowest BCUT2D eigenvalue weighted by molar-refractivity contribution is -0.119. The second-order valence-electron chi connectivity index (χ2n) is 5.02. The minimum absolute atomic E-state index is 0.123. The van der Waals surface area contributed by atoms with E-state index in [4.69, 9.17) is 0 Å². The molecule has 2 aromatic rings. The van der Waals surface area contributed by atoms with E-state index >= 15 is 0 Å². The first-order valence-corrected chi connectivity index (χ1v) is 6.61. The van der Waals surface area contributed by atoms with Crippen molar-refractivity contribution < 1.29 is 4.79 Å². The number of benzene rings is 1. The molecule has 4 nitrogen and oxygen atoms in total. The standard InChI is InChI=1S/C15H17N3O/c1-12-6-7-13-4-2-3-5-14(13)18(12)15(19)10-17-9-8-16-11-17/h2-5,8-9,11-12H,6-7,10H2,1H3. The van der Waals surface area contributed by atoms with Crippen LogP contribution in [0.25, 0.3) is 0 Å². The molecule has 1 atom stereocenters. The third-order valence-corrected chi connectivity index (χ3v) is 3.67. The summed E-state index contributed by atoms with van der Waals surface area (Å²) in [7, 11) is 0. The Morgan fingerprint density at radius 1 is 1.42 bits per heavy atom. The third-order valence-electron chi connectivity index (χ3n) is 3.67. The highest BCUT2D eigenvalue weighted by Crippen LogP contribution is 2.30. The maximum Gasteiger partial charge on any atom is 0.247 e. The fourth-order valence-corrected chi connectivity index (χ4v) is 2.68. The molecule has 0 spiro atoms. The summed E-state index contributed by atoms with van der Waals surface area (Å²) in [5.41, 5.74) is 2.32. The highest BCUT2D eigenvalue weighted by Gasteiger charge is 2.27. The maximum absolute atomic E-state index is 12.5. The van der Waals surface area contributed by atoms with Gasteiger partial charge in [0.15, 0.2) is 0 Å². The molecule has 0 bridgehead atoms. The van der Waals surface area contributed by atoms with Crippen molar-refractivity contribution >= 4 is 11.6 Å². The normalized spacial score (nSPS) is 18.2. The van der Waals surface area contributed by atoms with Gasteiger partial charge in [-0.2, -0.15) is 0 Å². The molecule has 4 heteroatoms. The number of nitrogens with zero attached hydrogens (tertiary/aromatic N) is 3. The van der Waals surface area contributed by atoms with Gasteiger partial charge in [0, 0.05) is 24.1 Å². The number of aromatic nitrogens is 2. The van der Waals surface area contributed by atoms with E-state index in [1.165, 1.54) is 5.56 Å². The number of carbonyl (C=O) groups is 1. The molecule has 1 aromatic carbocycles. The van der Waals surface area contributed by atoms with Crippen LogP contribution in [0.4, 0.5) is 5.69 Å². The fraction of sp³-hybridized carbons (Fsp3) is 0.333. The molecule has 19 heavy (non-hydrogen) atoms. The zero-order chi connectivity index (χ0) is 13.2. The number of imidazole rings is 1. The lowest BCUT2D eigenvalue weighted by Gasteiger charge is -2.35. The lowest BCUT2D eigenvalue weighted by Crippen LogP contribution is -2.43. The number of hydrogen-bond donors (Lipinski definition) is 0. The van der Waals surface area contributed by atoms with E-state index in [2.05, 4.69) is 18.0 Å². The van der Waals surface area contributed by atoms with E-state index in [9.17, 15) is 4.79 Å². The van der Waals surface area contributed by atoms with Gasteiger partial charge < -0.3 is 9.47 Å². The zero-order valence-corrected chi connectivity index (χ0v) is 11.0. The lowest BCUT2D eigenvalue weighted by atomic mass is 9.96. The Kier molecular flexibility index (Phi) is 3.07. The van der Waals surface area contributed by atoms with Crippen LogP contribution in [0.1, 0.15) is 18.9 Å². The number of anilines is 1. The van der Waals surface area contributed by atoms with Gasteiger partial charge in [0.05, 0.1) is 6.33 Å². The van der Waals surface area contributed by atoms with Crippen LogP contribution in [0.15, 0.2) is 43.0 Å². The first-order valence-electron chi connectivity index (χ1n) is 6.61. The molecule has 0 radical (unpaired) electrons. The van der Waals surface area contributed by atoms with E-state index < -0.39 is 0 Å². The zero-order valence-electron chi connectivity index (χ0n) is 11.0. The van der Waals surface area contributed by atoms with Crippen LogP contribution in [0, 0.1) is 0 Å². The van der Waals surface area contributed by atoms with Crippen LogP contribution in [-0.4, -0.2) is 21.5 Å². The summed E-state index contributed by atoms with van der Waals surface area (Å²) in [6.45, 7) is 2.46. The third kappa shape index (κ3) is 2.26. The van der Waals surface area contributed by atoms with Crippen molar-refractivity contribution in [3.05, 3.63) is 48.5 Å². The molecular formula is C15H17N3O. The number of rotatable bonds is 2. The van der Waals surface area contributed by atoms with Gasteiger partial charge in [-0.3, -0.25) is 4.79 Å². The van der Waals surface area contributed by atoms with Crippen LogP contribution in [0.3, 0.4) is 0 Å². The summed E-state index contributed by atoms with van der Waals surface area (Å²) in [6.07, 6.45) is 7.26. The molecule has 0 saturated heterocycles. The highest BCUT2D eigenvalue weighted by atomic mass is 16.2. The minimum Gasteiger partial charge on any atom is -0.328 e. The molecule has 0 aliphatic carbocycles. The Labute approximate surface area is 112 Å². The van der Waals surface area contributed by atoms with Gasteiger partial charge in [0.25, 0.3) is 0 Å². The molecule has 0 N–H and O–H groups in total. The molecule has 1 aromatic heterocycles. The first-order chi connectivity index (χ1) is 9.25. The van der Waals surface area contributed by atoms with E-state index in [0.717, 1.165) is 18.5 Å². The molecule has 0 saturated carbocycles. The minimum atomic E-state index is 0.123. The van der Waals surface area contributed by atoms with Gasteiger partial charge in [-0.25, -0.2) is 4.98 Å². The summed E-state index contributed by atoms with van der Waals surface area (Å²) >= 11 is 0. The molecule has 3 rings (SSSR count). The summed E-state index contributed by atoms with van der Waals surface area (Å²) in [6, 6.07) is 8.43. The monoisotopic (exact) mass is 255 g/mol. The number of carbonyl (C=O) groups excluding carboxylic acids is 1. The maximum atomic E-state index is 12.5. The van der Waals surface area contributed by atoms with Gasteiger partial charge >= 0.3 is 0 Å². The van der Waals surface area contributed by atoms with Crippen molar-refractivity contribution in [1.82, 2.24) is 9.55 Å². The number of amides is 1. The van der Waals surface area contributed by atoms with E-state index in [1.54, 1.807) is 12.5 Å². The van der Waals surface area contributed by atoms with E-state index in [0.29, 0.717) is 6.54 Å². The van der Waals surface area contributed by atoms with Gasteiger partial charge in [0.1, 0.15) is 6.54 Å². The highest BCUT2D eigenvalue weighted by molar-refractivity contribution is 5.95. The number of hydrogen-bond acceptors (Lipinski definition) is 2. The molecule has 1 aliphatic rings. The molecular weight excluding hydrogens is 238 g/mol. The average Bonchev–Trinajstić information content (AvgIpc) is 2.91. The van der Waals surface area contributed by atoms with Crippen molar-refractivity contribution in [2.75, 3.05) is 4.90 Å². The van der Waals surface area contributed by atoms with Gasteiger partial charge in [-0.15, -0.1) is 0 Å². The topological polar surface area (TPSA) is 38.1 Å². The molecule has 1 aliphatic heterocycles. The summed E-state index contributed by atoms with van der Waals surface area (Å²) in [4.78, 5) is 18.4. The predicted molar refractivity (Wildman–Crippen MR) is 73.9 cm³/mol. The number of fused-ring (bicyclic) bond motifs is 1. The summed E-state index contributed by atoms with van der Waals surface area (Å²) in [5, 5.41) is 0. The first kappa shape index (κ1) is 12.0. The number of para-hydroxylation sites is 1. The Morgan fingerprint density at radius 2 is 2.26 bits per heavy atom. The van der Waals surface area contributed by atoms with Crippen molar-refractivity contribution in [1.29, 1.82) is 0 Å². The van der Waals surface area contributed by atoms with Gasteiger partial charge in [0.2, 0.25) is 5.91 Å². The molecule has 2 heterocycles. The van der Waals surface area contributed by atoms with Crippen molar-refractivity contribution in [2.24, 2.45) is 0 Å². The van der Waals surface area contributed by atoms with Crippen molar-refractivity contribution in [3.63, 3.8) is 0 Å². The molecule has 98 valence electrons. The van der Waals surface area contributed by atoms with E-state index in [-0.39, 0.29) is 11.9 Å². The van der Waals surface area contributed by atoms with Gasteiger partial charge in [-0.1, -0.05) is 18.2 Å². The Bertz CT molecular complexity index is 577. The fourth-order valence-electron chi connectivity index (χ4n) is 2.68. The predicted octanol–water partition coefficient (Wildman–Crippen LogP) is 2.25. The van der Waals surface area contributed by atoms with E-state index in [1.807, 2.05) is 33.9 Å². The quantitative estimate of drug-likeness (QED) is 0.825. The Hall–Kier alpha value is -2.10. The Balaban J connectivity index is 1.88. The largest absolute Gasteiger partial charge is 0.328 e.